The van der Waals surface area contributed by atoms with Gasteiger partial charge in [0, 0.05) is 0 Å². The van der Waals surface area contributed by atoms with Gasteiger partial charge in [0.1, 0.15) is 0 Å². The summed E-state index contributed by atoms with van der Waals surface area (Å²) in [7, 11) is 0. The number of carbonyl (C=O) groups is 2. The van der Waals surface area contributed by atoms with Crippen LogP contribution in [0.25, 0.3) is 10.8 Å². The molecule has 0 saturated heterocycles. The molecule has 3 amide bonds. The lowest BCUT2D eigenvalue weighted by molar-refractivity contribution is 0.163. The van der Waals surface area contributed by atoms with Gasteiger partial charge >= 0.3 is 12.1 Å². The molecule has 10 heteroatoms. The van der Waals surface area contributed by atoms with Gasteiger partial charge < -0.3 is 32.8 Å². The van der Waals surface area contributed by atoms with Gasteiger partial charge in [0.05, 0.1) is 6.61 Å². The van der Waals surface area contributed by atoms with E-state index < -0.39 is 12.1 Å². The first kappa shape index (κ1) is 23.3. The Labute approximate surface area is 90.7 Å². The number of nitrogens with zero attached hydrogens (tertiary/aromatic N) is 2. The minimum atomic E-state index is -0.833. The zero-order valence-electron chi connectivity index (χ0n) is 8.37. The van der Waals surface area contributed by atoms with Crippen LogP contribution in [0.3, 0.4) is 0 Å². The Kier molecular flexibility index (Phi) is 42.9. The molecule has 0 aliphatic heterocycles. The molecule has 0 aromatic carbocycles. The number of isocyanates is 2. The normalized spacial score (nSPS) is 5.31. The van der Waals surface area contributed by atoms with E-state index in [4.69, 9.17) is 25.2 Å². The molecule has 0 aromatic heterocycles. The Bertz CT molecular complexity index is 226. The number of carbonyl (C=O) groups excluding carboxylic acids is 4. The van der Waals surface area contributed by atoms with Gasteiger partial charge in [-0.25, -0.2) is 9.59 Å². The van der Waals surface area contributed by atoms with Gasteiger partial charge in [0.15, 0.2) is 0 Å². The fourth-order valence-electron chi connectivity index (χ4n) is 0.142. The maximum Gasteiger partial charge on any atom is 0.404 e. The maximum absolute atomic E-state index is 9.60. The van der Waals surface area contributed by atoms with Crippen molar-refractivity contribution in [3.05, 3.63) is 10.8 Å². The number of amides is 3. The summed E-state index contributed by atoms with van der Waals surface area (Å²) in [6.07, 6.45) is 0.289. The fraction of sp³-hybridized carbons (Fsp3) is 0.333. The molecule has 0 spiro atoms. The number of hydrogen-bond donors (Lipinski definition) is 3. The number of rotatable bonds is 1. The van der Waals surface area contributed by atoms with Crippen LogP contribution >= 0.6 is 0 Å². The van der Waals surface area contributed by atoms with E-state index in [0.717, 1.165) is 0 Å². The highest BCUT2D eigenvalue weighted by molar-refractivity contribution is 5.69. The van der Waals surface area contributed by atoms with Crippen LogP contribution in [-0.4, -0.2) is 30.9 Å². The molecule has 0 atom stereocenters. The number of hydrogen-bond acceptors (Lipinski definition) is 5. The molecule has 0 saturated carbocycles. The molecule has 0 aromatic rings. The van der Waals surface area contributed by atoms with Crippen molar-refractivity contribution in [3.63, 3.8) is 0 Å². The molecule has 0 rings (SSSR count). The highest BCUT2D eigenvalue weighted by atomic mass is 16.5. The number of nitrogens with two attached hydrogens (primary N) is 3. The molecule has 0 fully saturated rings. The maximum atomic E-state index is 9.60. The fourth-order valence-corrected chi connectivity index (χ4v) is 0.142. The zero-order valence-corrected chi connectivity index (χ0v) is 8.37. The van der Waals surface area contributed by atoms with Crippen LogP contribution in [0.15, 0.2) is 0 Å². The largest absolute Gasteiger partial charge is 0.724 e. The molecular formula is C6H11N5O5-2. The van der Waals surface area contributed by atoms with E-state index in [2.05, 4.69) is 21.9 Å². The second-order valence-corrected chi connectivity index (χ2v) is 1.34. The van der Waals surface area contributed by atoms with Crippen molar-refractivity contribution < 1.29 is 23.9 Å². The van der Waals surface area contributed by atoms with E-state index >= 15 is 0 Å². The highest BCUT2D eigenvalue weighted by Crippen LogP contribution is 1.66. The molecule has 92 valence electrons. The average molecular weight is 233 g/mol. The third-order valence-corrected chi connectivity index (χ3v) is 0.287. The quantitative estimate of drug-likeness (QED) is 0.380. The second kappa shape index (κ2) is 29.5. The summed E-state index contributed by atoms with van der Waals surface area (Å²) in [5.74, 6) is 0. The predicted octanol–water partition coefficient (Wildman–Crippen LogP) is -1.09. The summed E-state index contributed by atoms with van der Waals surface area (Å²) in [6, 6.07) is -0.833. The summed E-state index contributed by atoms with van der Waals surface area (Å²) in [5.41, 5.74) is 13.0. The second-order valence-electron chi connectivity index (χ2n) is 1.34. The number of urea groups is 1. The molecule has 10 nitrogen and oxygen atoms in total. The topological polar surface area (TPSA) is 200 Å². The first-order chi connectivity index (χ1) is 7.33. The van der Waals surface area contributed by atoms with E-state index in [1.165, 1.54) is 0 Å². The van der Waals surface area contributed by atoms with Crippen LogP contribution < -0.4 is 17.2 Å². The van der Waals surface area contributed by atoms with Crippen molar-refractivity contribution in [2.24, 2.45) is 17.2 Å². The monoisotopic (exact) mass is 233 g/mol. The molecule has 0 bridgehead atoms. The Balaban J connectivity index is -0.0000000635. The van der Waals surface area contributed by atoms with Gasteiger partial charge in [-0.05, 0) is 19.1 Å². The molecule has 0 aliphatic carbocycles. The third kappa shape index (κ3) is 13300. The van der Waals surface area contributed by atoms with Crippen LogP contribution in [0.5, 0.6) is 0 Å². The highest BCUT2D eigenvalue weighted by Gasteiger charge is 1.82. The summed E-state index contributed by atoms with van der Waals surface area (Å²) < 4.78 is 4.18. The van der Waals surface area contributed by atoms with Crippen molar-refractivity contribution in [2.75, 3.05) is 6.61 Å². The Morgan fingerprint density at radius 1 is 1.12 bits per heavy atom. The van der Waals surface area contributed by atoms with Crippen LogP contribution in [0.1, 0.15) is 6.92 Å². The lowest BCUT2D eigenvalue weighted by Gasteiger charge is -1.89. The van der Waals surface area contributed by atoms with Crippen LogP contribution in [0.2, 0.25) is 0 Å². The Morgan fingerprint density at radius 2 is 1.31 bits per heavy atom. The summed E-state index contributed by atoms with van der Waals surface area (Å²) in [6.45, 7) is 2.06. The predicted molar refractivity (Wildman–Crippen MR) is 53.1 cm³/mol. The minimum absolute atomic E-state index is 0.356. The van der Waals surface area contributed by atoms with Crippen molar-refractivity contribution in [3.8, 4) is 0 Å². The van der Waals surface area contributed by atoms with Crippen molar-refractivity contribution >= 4 is 24.3 Å². The van der Waals surface area contributed by atoms with Crippen molar-refractivity contribution in [2.45, 2.75) is 6.92 Å². The smallest absolute Gasteiger partial charge is 0.404 e. The molecule has 0 heterocycles. The third-order valence-electron chi connectivity index (χ3n) is 0.287. The molecule has 0 unspecified atom stereocenters. The van der Waals surface area contributed by atoms with Crippen molar-refractivity contribution in [1.29, 1.82) is 0 Å². The van der Waals surface area contributed by atoms with Gasteiger partial charge in [0.2, 0.25) is 0 Å². The van der Waals surface area contributed by atoms with Gasteiger partial charge in [0.25, 0.3) is 0 Å². The van der Waals surface area contributed by atoms with Gasteiger partial charge in [-0.3, -0.25) is 9.59 Å². The first-order valence-electron chi connectivity index (χ1n) is 3.33. The first-order valence-corrected chi connectivity index (χ1v) is 3.33. The van der Waals surface area contributed by atoms with E-state index in [-0.39, 0.29) is 0 Å². The number of primary amides is 3. The SMILES string of the molecule is CCOC(N)=O.NC(N)=O.[N-]=C=O.[N-]=C=O. The molecule has 6 N–H and O–H groups in total. The summed E-state index contributed by atoms with van der Waals surface area (Å²) in [5, 5.41) is 13.5. The molecule has 0 aliphatic rings. The lowest BCUT2D eigenvalue weighted by atomic mass is 10.9. The zero-order chi connectivity index (χ0) is 14.0. The molecular weight excluding hydrogens is 222 g/mol. The van der Waals surface area contributed by atoms with Gasteiger partial charge in [-0.15, -0.1) is 0 Å². The van der Waals surface area contributed by atoms with Gasteiger partial charge in [-0.2, -0.15) is 0 Å². The molecule has 0 radical (unpaired) electrons. The van der Waals surface area contributed by atoms with Crippen molar-refractivity contribution in [1.82, 2.24) is 0 Å². The standard InChI is InChI=1S/C3H7NO2.CH4N2O.2CNO/c1-2-6-3(4)5;2-1(3)4;2*2-1-3/h2H2,1H3,(H2,4,5);(H4,2,3,4);;/q;;2*-1. The van der Waals surface area contributed by atoms with E-state index in [9.17, 15) is 4.79 Å². The Hall–Kier alpha value is -2.70. The average Bonchev–Trinajstić information content (AvgIpc) is 2.04. The summed E-state index contributed by atoms with van der Waals surface area (Å²) in [4.78, 5) is 35.1. The van der Waals surface area contributed by atoms with Gasteiger partial charge in [-0.1, -0.05) is 0 Å². The van der Waals surface area contributed by atoms with Crippen LogP contribution in [0, 0.1) is 0 Å². The molecule has 16 heavy (non-hydrogen) atoms. The Morgan fingerprint density at radius 3 is 1.31 bits per heavy atom. The van der Waals surface area contributed by atoms with E-state index in [0.29, 0.717) is 18.8 Å². The number of ether oxygens (including phenoxy) is 1. The van der Waals surface area contributed by atoms with E-state index in [1.807, 2.05) is 0 Å². The van der Waals surface area contributed by atoms with E-state index in [1.54, 1.807) is 6.92 Å². The van der Waals surface area contributed by atoms with Crippen LogP contribution in [0.4, 0.5) is 9.59 Å². The summed E-state index contributed by atoms with van der Waals surface area (Å²) >= 11 is 0. The lowest BCUT2D eigenvalue weighted by Crippen LogP contribution is -2.18. The minimum Gasteiger partial charge on any atom is -0.724 e. The van der Waals surface area contributed by atoms with Crippen LogP contribution in [-0.2, 0) is 14.3 Å².